The standard InChI is InChI=1S/C17H22ClN5O2S/c1-4-23-16(12-6-5-7-13(18)8-12)21-22-17(23)26-10-15(25)19-9-14(24)20-11(2)3/h5-8,11H,4,9-10H2,1-3H3,(H,19,25)(H,20,24). The first-order chi connectivity index (χ1) is 12.4. The van der Waals surface area contributed by atoms with Crippen LogP contribution in [-0.2, 0) is 16.1 Å². The molecule has 9 heteroatoms. The van der Waals surface area contributed by atoms with Gasteiger partial charge in [0.15, 0.2) is 11.0 Å². The van der Waals surface area contributed by atoms with Crippen molar-refractivity contribution in [3.8, 4) is 11.4 Å². The van der Waals surface area contributed by atoms with Crippen LogP contribution in [0.4, 0.5) is 0 Å². The summed E-state index contributed by atoms with van der Waals surface area (Å²) < 4.78 is 1.93. The largest absolute Gasteiger partial charge is 0.352 e. The quantitative estimate of drug-likeness (QED) is 0.670. The Balaban J connectivity index is 1.96. The molecule has 1 aromatic heterocycles. The Labute approximate surface area is 161 Å². The number of nitrogens with zero attached hydrogens (tertiary/aromatic N) is 3. The van der Waals surface area contributed by atoms with Crippen LogP contribution in [0, 0.1) is 0 Å². The second kappa shape index (κ2) is 9.59. The molecule has 0 saturated heterocycles. The molecule has 0 aliphatic heterocycles. The van der Waals surface area contributed by atoms with E-state index in [-0.39, 0.29) is 30.2 Å². The zero-order valence-corrected chi connectivity index (χ0v) is 16.5. The normalized spacial score (nSPS) is 10.8. The van der Waals surface area contributed by atoms with Gasteiger partial charge in [0, 0.05) is 23.2 Å². The molecule has 1 aromatic carbocycles. The first kappa shape index (κ1) is 20.3. The number of carbonyl (C=O) groups excluding carboxylic acids is 2. The zero-order valence-electron chi connectivity index (χ0n) is 15.0. The lowest BCUT2D eigenvalue weighted by molar-refractivity contribution is -0.125. The Morgan fingerprint density at radius 2 is 2.04 bits per heavy atom. The van der Waals surface area contributed by atoms with Crippen LogP contribution in [0.5, 0.6) is 0 Å². The molecule has 2 rings (SSSR count). The summed E-state index contributed by atoms with van der Waals surface area (Å²) >= 11 is 7.32. The van der Waals surface area contributed by atoms with Crippen LogP contribution in [0.2, 0.25) is 5.02 Å². The van der Waals surface area contributed by atoms with Gasteiger partial charge in [-0.3, -0.25) is 9.59 Å². The molecule has 0 saturated carbocycles. The molecular formula is C17H22ClN5O2S. The first-order valence-corrected chi connectivity index (χ1v) is 9.65. The minimum Gasteiger partial charge on any atom is -0.352 e. The number of hydrogen-bond donors (Lipinski definition) is 2. The summed E-state index contributed by atoms with van der Waals surface area (Å²) in [6, 6.07) is 7.44. The summed E-state index contributed by atoms with van der Waals surface area (Å²) in [6.07, 6.45) is 0. The van der Waals surface area contributed by atoms with Crippen LogP contribution in [0.3, 0.4) is 0 Å². The van der Waals surface area contributed by atoms with Crippen molar-refractivity contribution in [1.82, 2.24) is 25.4 Å². The molecule has 2 amide bonds. The molecule has 0 radical (unpaired) electrons. The first-order valence-electron chi connectivity index (χ1n) is 8.28. The molecule has 0 unspecified atom stereocenters. The van der Waals surface area contributed by atoms with Crippen LogP contribution < -0.4 is 10.6 Å². The predicted octanol–water partition coefficient (Wildman–Crippen LogP) is 2.35. The molecule has 26 heavy (non-hydrogen) atoms. The number of thioether (sulfide) groups is 1. The molecule has 0 bridgehead atoms. The SMILES string of the molecule is CCn1c(SCC(=O)NCC(=O)NC(C)C)nnc1-c1cccc(Cl)c1. The maximum atomic E-state index is 11.9. The number of carbonyl (C=O) groups is 2. The number of benzene rings is 1. The molecule has 0 spiro atoms. The average molecular weight is 396 g/mol. The molecule has 0 aliphatic rings. The van der Waals surface area contributed by atoms with Crippen molar-refractivity contribution in [1.29, 1.82) is 0 Å². The lowest BCUT2D eigenvalue weighted by Gasteiger charge is -2.09. The van der Waals surface area contributed by atoms with Gasteiger partial charge in [0.2, 0.25) is 11.8 Å². The molecule has 140 valence electrons. The van der Waals surface area contributed by atoms with Crippen molar-refractivity contribution >= 4 is 35.2 Å². The minimum atomic E-state index is -0.233. The molecule has 0 aliphatic carbocycles. The lowest BCUT2D eigenvalue weighted by atomic mass is 10.2. The second-order valence-electron chi connectivity index (χ2n) is 5.85. The zero-order chi connectivity index (χ0) is 19.1. The van der Waals surface area contributed by atoms with E-state index in [1.165, 1.54) is 11.8 Å². The monoisotopic (exact) mass is 395 g/mol. The summed E-state index contributed by atoms with van der Waals surface area (Å²) in [7, 11) is 0. The van der Waals surface area contributed by atoms with Gasteiger partial charge in [-0.05, 0) is 32.9 Å². The maximum absolute atomic E-state index is 11.9. The van der Waals surface area contributed by atoms with Crippen molar-refractivity contribution in [3.63, 3.8) is 0 Å². The van der Waals surface area contributed by atoms with Gasteiger partial charge in [0.25, 0.3) is 0 Å². The molecule has 2 N–H and O–H groups in total. The fourth-order valence-corrected chi connectivity index (χ4v) is 3.28. The van der Waals surface area contributed by atoms with Crippen LogP contribution in [0.25, 0.3) is 11.4 Å². The Kier molecular flexibility index (Phi) is 7.47. The second-order valence-corrected chi connectivity index (χ2v) is 7.23. The fraction of sp³-hybridized carbons (Fsp3) is 0.412. The van der Waals surface area contributed by atoms with E-state index >= 15 is 0 Å². The molecule has 0 fully saturated rings. The number of hydrogen-bond acceptors (Lipinski definition) is 5. The summed E-state index contributed by atoms with van der Waals surface area (Å²) in [4.78, 5) is 23.5. The van der Waals surface area contributed by atoms with Gasteiger partial charge in [-0.15, -0.1) is 10.2 Å². The highest BCUT2D eigenvalue weighted by molar-refractivity contribution is 7.99. The molecule has 0 atom stereocenters. The number of amides is 2. The average Bonchev–Trinajstić information content (AvgIpc) is 3.00. The topological polar surface area (TPSA) is 88.9 Å². The summed E-state index contributed by atoms with van der Waals surface area (Å²) in [5.41, 5.74) is 0.869. The van der Waals surface area contributed by atoms with Crippen LogP contribution >= 0.6 is 23.4 Å². The fourth-order valence-electron chi connectivity index (χ4n) is 2.25. The maximum Gasteiger partial charge on any atom is 0.239 e. The summed E-state index contributed by atoms with van der Waals surface area (Å²) in [5, 5.41) is 15.0. The highest BCUT2D eigenvalue weighted by atomic mass is 35.5. The van der Waals surface area contributed by atoms with E-state index in [9.17, 15) is 9.59 Å². The molecule has 7 nitrogen and oxygen atoms in total. The van der Waals surface area contributed by atoms with E-state index in [2.05, 4.69) is 20.8 Å². The van der Waals surface area contributed by atoms with E-state index < -0.39 is 0 Å². The van der Waals surface area contributed by atoms with Crippen LogP contribution in [-0.4, -0.2) is 44.9 Å². The summed E-state index contributed by atoms with van der Waals surface area (Å²) in [5.74, 6) is 0.416. The van der Waals surface area contributed by atoms with E-state index in [0.29, 0.717) is 22.5 Å². The smallest absolute Gasteiger partial charge is 0.239 e. The van der Waals surface area contributed by atoms with Gasteiger partial charge in [0.05, 0.1) is 12.3 Å². The van der Waals surface area contributed by atoms with E-state index in [1.54, 1.807) is 6.07 Å². The van der Waals surface area contributed by atoms with Gasteiger partial charge in [-0.2, -0.15) is 0 Å². The molecule has 1 heterocycles. The third-order valence-electron chi connectivity index (χ3n) is 3.34. The Morgan fingerprint density at radius 1 is 1.27 bits per heavy atom. The molecule has 2 aromatic rings. The lowest BCUT2D eigenvalue weighted by Crippen LogP contribution is -2.40. The predicted molar refractivity (Wildman–Crippen MR) is 103 cm³/mol. The number of aromatic nitrogens is 3. The van der Waals surface area contributed by atoms with E-state index in [1.807, 2.05) is 43.5 Å². The van der Waals surface area contributed by atoms with Crippen LogP contribution in [0.15, 0.2) is 29.4 Å². The minimum absolute atomic E-state index is 0.0359. The Bertz CT molecular complexity index is 778. The van der Waals surface area contributed by atoms with Crippen molar-refractivity contribution in [2.45, 2.75) is 38.5 Å². The van der Waals surface area contributed by atoms with Crippen molar-refractivity contribution < 1.29 is 9.59 Å². The van der Waals surface area contributed by atoms with Crippen LogP contribution in [0.1, 0.15) is 20.8 Å². The third-order valence-corrected chi connectivity index (χ3v) is 4.55. The summed E-state index contributed by atoms with van der Waals surface area (Å²) in [6.45, 7) is 6.34. The Morgan fingerprint density at radius 3 is 2.69 bits per heavy atom. The van der Waals surface area contributed by atoms with Gasteiger partial charge >= 0.3 is 0 Å². The van der Waals surface area contributed by atoms with E-state index in [0.717, 1.165) is 5.56 Å². The highest BCUT2D eigenvalue weighted by Gasteiger charge is 2.15. The number of halogens is 1. The Hall–Kier alpha value is -2.06. The van der Waals surface area contributed by atoms with Crippen molar-refractivity contribution in [2.75, 3.05) is 12.3 Å². The van der Waals surface area contributed by atoms with Gasteiger partial charge in [-0.25, -0.2) is 0 Å². The van der Waals surface area contributed by atoms with E-state index in [4.69, 9.17) is 11.6 Å². The van der Waals surface area contributed by atoms with Gasteiger partial charge in [-0.1, -0.05) is 35.5 Å². The van der Waals surface area contributed by atoms with Gasteiger partial charge < -0.3 is 15.2 Å². The third kappa shape index (κ3) is 5.74. The number of nitrogens with one attached hydrogen (secondary N) is 2. The number of rotatable bonds is 8. The highest BCUT2D eigenvalue weighted by Crippen LogP contribution is 2.25. The van der Waals surface area contributed by atoms with Gasteiger partial charge in [0.1, 0.15) is 0 Å². The molecular weight excluding hydrogens is 374 g/mol. The van der Waals surface area contributed by atoms with Crippen molar-refractivity contribution in [2.24, 2.45) is 0 Å². The van der Waals surface area contributed by atoms with Crippen molar-refractivity contribution in [3.05, 3.63) is 29.3 Å².